The molecule has 1 amide bonds. The summed E-state index contributed by atoms with van der Waals surface area (Å²) >= 11 is 1.52. The molecule has 1 aliphatic heterocycles. The molecular formula is C14H16N2O2S. The molecule has 5 heteroatoms. The molecule has 1 aromatic rings. The van der Waals surface area contributed by atoms with Crippen LogP contribution in [0.1, 0.15) is 22.8 Å². The van der Waals surface area contributed by atoms with E-state index in [4.69, 9.17) is 0 Å². The first kappa shape index (κ1) is 13.8. The second-order valence-electron chi connectivity index (χ2n) is 4.48. The first-order valence-electron chi connectivity index (χ1n) is 6.13. The predicted octanol–water partition coefficient (Wildman–Crippen LogP) is 2.13. The Labute approximate surface area is 116 Å². The molecule has 0 aliphatic carbocycles. The minimum absolute atomic E-state index is 0.0578. The number of carbonyl (C=O) groups excluding carboxylic acids is 2. The Bertz CT molecular complexity index is 540. The van der Waals surface area contributed by atoms with E-state index in [0.29, 0.717) is 10.7 Å². The van der Waals surface area contributed by atoms with Crippen molar-refractivity contribution < 1.29 is 9.59 Å². The van der Waals surface area contributed by atoms with Crippen molar-refractivity contribution in [3.63, 3.8) is 0 Å². The van der Waals surface area contributed by atoms with E-state index in [2.05, 4.69) is 4.99 Å². The molecule has 1 saturated heterocycles. The third kappa shape index (κ3) is 3.67. The van der Waals surface area contributed by atoms with Gasteiger partial charge in [0, 0.05) is 24.8 Å². The van der Waals surface area contributed by atoms with E-state index in [1.807, 2.05) is 36.1 Å². The van der Waals surface area contributed by atoms with Crippen molar-refractivity contribution >= 4 is 28.6 Å². The Morgan fingerprint density at radius 1 is 1.42 bits per heavy atom. The fraction of sp³-hybridized carbons (Fsp3) is 0.357. The van der Waals surface area contributed by atoms with Crippen LogP contribution in [0.3, 0.4) is 0 Å². The number of aryl methyl sites for hydroxylation is 1. The Morgan fingerprint density at radius 3 is 2.89 bits per heavy atom. The van der Waals surface area contributed by atoms with Gasteiger partial charge in [-0.1, -0.05) is 35.5 Å². The van der Waals surface area contributed by atoms with E-state index in [1.165, 1.54) is 18.7 Å². The van der Waals surface area contributed by atoms with E-state index in [0.717, 1.165) is 17.9 Å². The van der Waals surface area contributed by atoms with Gasteiger partial charge < -0.3 is 4.90 Å². The Balaban J connectivity index is 2.08. The first-order valence-corrected chi connectivity index (χ1v) is 7.11. The van der Waals surface area contributed by atoms with Gasteiger partial charge in [0.2, 0.25) is 5.91 Å². The van der Waals surface area contributed by atoms with Crippen LogP contribution in [-0.4, -0.2) is 40.6 Å². The molecule has 1 heterocycles. The first-order chi connectivity index (χ1) is 9.06. The summed E-state index contributed by atoms with van der Waals surface area (Å²) in [6.07, 6.45) is 0. The maximum absolute atomic E-state index is 12.2. The smallest absolute Gasteiger partial charge is 0.244 e. The third-order valence-electron chi connectivity index (χ3n) is 2.79. The van der Waals surface area contributed by atoms with Crippen LogP contribution in [0.25, 0.3) is 0 Å². The lowest BCUT2D eigenvalue weighted by Gasteiger charge is -2.16. The number of hydrogen-bond donors (Lipinski definition) is 0. The summed E-state index contributed by atoms with van der Waals surface area (Å²) in [5, 5.41) is 0.661. The van der Waals surface area contributed by atoms with Crippen molar-refractivity contribution in [3.8, 4) is 0 Å². The summed E-state index contributed by atoms with van der Waals surface area (Å²) in [5.74, 6) is 0.701. The number of nitrogens with zero attached hydrogens (tertiary/aromatic N) is 2. The molecule has 0 spiro atoms. The normalized spacial score (nSPS) is 16.9. The SMILES string of the molecule is CC(=O)N=C1SCCN1CC(=O)c1cccc(C)c1. The van der Waals surface area contributed by atoms with Gasteiger partial charge >= 0.3 is 0 Å². The van der Waals surface area contributed by atoms with Crippen LogP contribution in [0.4, 0.5) is 0 Å². The lowest BCUT2D eigenvalue weighted by molar-refractivity contribution is -0.115. The number of ketones is 1. The molecule has 4 nitrogen and oxygen atoms in total. The van der Waals surface area contributed by atoms with Gasteiger partial charge in [0.05, 0.1) is 6.54 Å². The lowest BCUT2D eigenvalue weighted by Crippen LogP contribution is -2.31. The molecule has 0 saturated carbocycles. The van der Waals surface area contributed by atoms with Crippen LogP contribution in [0, 0.1) is 6.92 Å². The van der Waals surface area contributed by atoms with Crippen LogP contribution in [-0.2, 0) is 4.79 Å². The monoisotopic (exact) mass is 276 g/mol. The number of aliphatic imine (C=N–C) groups is 1. The molecule has 1 fully saturated rings. The maximum Gasteiger partial charge on any atom is 0.244 e. The Hall–Kier alpha value is -1.62. The Morgan fingerprint density at radius 2 is 2.21 bits per heavy atom. The lowest BCUT2D eigenvalue weighted by atomic mass is 10.1. The average molecular weight is 276 g/mol. The maximum atomic E-state index is 12.2. The third-order valence-corrected chi connectivity index (χ3v) is 3.78. The number of benzene rings is 1. The minimum Gasteiger partial charge on any atom is -0.343 e. The van der Waals surface area contributed by atoms with E-state index in [1.54, 1.807) is 0 Å². The molecular weight excluding hydrogens is 260 g/mol. The zero-order valence-corrected chi connectivity index (χ0v) is 11.9. The number of thioether (sulfide) groups is 1. The molecule has 1 aromatic carbocycles. The molecule has 0 aromatic heterocycles. The second-order valence-corrected chi connectivity index (χ2v) is 5.54. The molecule has 1 aliphatic rings. The standard InChI is InChI=1S/C14H16N2O2S/c1-10-4-3-5-12(8-10)13(18)9-16-6-7-19-14(16)15-11(2)17/h3-5,8H,6-7,9H2,1-2H3. The number of carbonyl (C=O) groups is 2. The topological polar surface area (TPSA) is 49.7 Å². The van der Waals surface area contributed by atoms with Crippen LogP contribution in [0.5, 0.6) is 0 Å². The van der Waals surface area contributed by atoms with Gasteiger partial charge in [-0.05, 0) is 13.0 Å². The van der Waals surface area contributed by atoms with E-state index >= 15 is 0 Å². The minimum atomic E-state index is -0.225. The van der Waals surface area contributed by atoms with Gasteiger partial charge in [-0.2, -0.15) is 4.99 Å². The number of rotatable bonds is 3. The highest BCUT2D eigenvalue weighted by atomic mass is 32.2. The zero-order chi connectivity index (χ0) is 13.8. The highest BCUT2D eigenvalue weighted by molar-refractivity contribution is 8.14. The summed E-state index contributed by atoms with van der Waals surface area (Å²) in [5.41, 5.74) is 1.78. The van der Waals surface area contributed by atoms with Gasteiger partial charge in [-0.25, -0.2) is 0 Å². The van der Waals surface area contributed by atoms with Gasteiger partial charge in [-0.3, -0.25) is 9.59 Å². The van der Waals surface area contributed by atoms with Gasteiger partial charge in [0.1, 0.15) is 0 Å². The zero-order valence-electron chi connectivity index (χ0n) is 11.0. The molecule has 19 heavy (non-hydrogen) atoms. The summed E-state index contributed by atoms with van der Waals surface area (Å²) in [7, 11) is 0. The predicted molar refractivity (Wildman–Crippen MR) is 77.7 cm³/mol. The quantitative estimate of drug-likeness (QED) is 0.794. The fourth-order valence-electron chi connectivity index (χ4n) is 1.90. The fourth-order valence-corrected chi connectivity index (χ4v) is 2.93. The van der Waals surface area contributed by atoms with Crippen molar-refractivity contribution in [2.75, 3.05) is 18.8 Å². The molecule has 0 bridgehead atoms. The number of amidine groups is 1. The number of hydrogen-bond acceptors (Lipinski definition) is 3. The molecule has 0 unspecified atom stereocenters. The van der Waals surface area contributed by atoms with E-state index in [9.17, 15) is 9.59 Å². The summed E-state index contributed by atoms with van der Waals surface area (Å²) < 4.78 is 0. The molecule has 2 rings (SSSR count). The largest absolute Gasteiger partial charge is 0.343 e. The average Bonchev–Trinajstić information content (AvgIpc) is 2.75. The second kappa shape index (κ2) is 6.02. The Kier molecular flexibility index (Phi) is 4.37. The van der Waals surface area contributed by atoms with Crippen LogP contribution < -0.4 is 0 Å². The molecule has 100 valence electrons. The van der Waals surface area contributed by atoms with E-state index in [-0.39, 0.29) is 18.2 Å². The van der Waals surface area contributed by atoms with Crippen LogP contribution >= 0.6 is 11.8 Å². The molecule has 0 radical (unpaired) electrons. The van der Waals surface area contributed by atoms with E-state index < -0.39 is 0 Å². The van der Waals surface area contributed by atoms with Crippen molar-refractivity contribution in [1.29, 1.82) is 0 Å². The van der Waals surface area contributed by atoms with Crippen molar-refractivity contribution in [2.24, 2.45) is 4.99 Å². The molecule has 0 atom stereocenters. The van der Waals surface area contributed by atoms with Crippen molar-refractivity contribution in [3.05, 3.63) is 35.4 Å². The van der Waals surface area contributed by atoms with Crippen molar-refractivity contribution in [2.45, 2.75) is 13.8 Å². The molecule has 0 N–H and O–H groups in total. The summed E-state index contributed by atoms with van der Waals surface area (Å²) in [4.78, 5) is 29.0. The number of amides is 1. The van der Waals surface area contributed by atoms with Crippen LogP contribution in [0.15, 0.2) is 29.3 Å². The summed E-state index contributed by atoms with van der Waals surface area (Å²) in [6, 6.07) is 7.55. The highest BCUT2D eigenvalue weighted by Crippen LogP contribution is 2.18. The van der Waals surface area contributed by atoms with Crippen LogP contribution in [0.2, 0.25) is 0 Å². The van der Waals surface area contributed by atoms with Crippen molar-refractivity contribution in [1.82, 2.24) is 4.90 Å². The van der Waals surface area contributed by atoms with Gasteiger partial charge in [0.25, 0.3) is 0 Å². The summed E-state index contributed by atoms with van der Waals surface area (Å²) in [6.45, 7) is 4.43. The number of Topliss-reactive ketones (excluding diaryl/α,β-unsaturated/α-hetero) is 1. The van der Waals surface area contributed by atoms with Gasteiger partial charge in [0.15, 0.2) is 11.0 Å². The van der Waals surface area contributed by atoms with Gasteiger partial charge in [-0.15, -0.1) is 0 Å². The highest BCUT2D eigenvalue weighted by Gasteiger charge is 2.22.